The quantitative estimate of drug-likeness (QED) is 0.892. The molecule has 1 aliphatic rings. The Morgan fingerprint density at radius 2 is 2.06 bits per heavy atom. The number of hydrogen-bond acceptors (Lipinski definition) is 4. The summed E-state index contributed by atoms with van der Waals surface area (Å²) in [7, 11) is 1.65. The fraction of sp³-hybridized carbons (Fsp3) is 0.571. The number of benzene rings is 1. The zero-order valence-electron chi connectivity index (χ0n) is 11.0. The van der Waals surface area contributed by atoms with Gasteiger partial charge in [-0.25, -0.2) is 0 Å². The Bertz CT molecular complexity index is 387. The van der Waals surface area contributed by atoms with Crippen molar-refractivity contribution in [1.82, 2.24) is 0 Å². The Balaban J connectivity index is 2.22. The lowest BCUT2D eigenvalue weighted by molar-refractivity contribution is 0.0240. The second-order valence-corrected chi connectivity index (χ2v) is 4.60. The minimum atomic E-state index is -0.0741. The lowest BCUT2D eigenvalue weighted by Gasteiger charge is -2.26. The molecular weight excluding hydrogens is 230 g/mol. The lowest BCUT2D eigenvalue weighted by atomic mass is 10.1. The first kappa shape index (κ1) is 13.2. The van der Waals surface area contributed by atoms with Crippen LogP contribution in [-0.4, -0.2) is 26.4 Å². The van der Waals surface area contributed by atoms with E-state index in [4.69, 9.17) is 19.9 Å². The summed E-state index contributed by atoms with van der Waals surface area (Å²) in [4.78, 5) is 0. The van der Waals surface area contributed by atoms with Crippen LogP contribution in [-0.2, 0) is 4.74 Å². The van der Waals surface area contributed by atoms with Crippen LogP contribution in [0.1, 0.15) is 31.4 Å². The monoisotopic (exact) mass is 251 g/mol. The highest BCUT2D eigenvalue weighted by Gasteiger charge is 2.20. The zero-order valence-corrected chi connectivity index (χ0v) is 11.0. The van der Waals surface area contributed by atoms with Crippen LogP contribution in [0.4, 0.5) is 0 Å². The van der Waals surface area contributed by atoms with Gasteiger partial charge in [0.05, 0.1) is 20.3 Å². The molecule has 0 aliphatic carbocycles. The van der Waals surface area contributed by atoms with Crippen molar-refractivity contribution in [3.8, 4) is 11.5 Å². The number of methoxy groups -OCH3 is 1. The fourth-order valence-corrected chi connectivity index (χ4v) is 2.14. The topological polar surface area (TPSA) is 53.7 Å². The van der Waals surface area contributed by atoms with Gasteiger partial charge < -0.3 is 19.9 Å². The second-order valence-electron chi connectivity index (χ2n) is 4.60. The Morgan fingerprint density at radius 3 is 2.67 bits per heavy atom. The molecule has 0 saturated carbocycles. The number of hydrogen-bond donors (Lipinski definition) is 1. The maximum atomic E-state index is 6.08. The van der Waals surface area contributed by atoms with E-state index in [-0.39, 0.29) is 12.1 Å². The third-order valence-electron chi connectivity index (χ3n) is 3.17. The minimum absolute atomic E-state index is 0.0741. The molecule has 0 bridgehead atoms. The SMILES string of the molecule is COc1cccc(C(C)N)c1OC1CCOCC1. The van der Waals surface area contributed by atoms with Crippen LogP contribution in [0.5, 0.6) is 11.5 Å². The van der Waals surface area contributed by atoms with E-state index in [0.29, 0.717) is 0 Å². The van der Waals surface area contributed by atoms with E-state index in [2.05, 4.69) is 0 Å². The van der Waals surface area contributed by atoms with Gasteiger partial charge in [-0.3, -0.25) is 0 Å². The first-order valence-corrected chi connectivity index (χ1v) is 6.39. The van der Waals surface area contributed by atoms with E-state index in [9.17, 15) is 0 Å². The predicted octanol–water partition coefficient (Wildman–Crippen LogP) is 2.27. The molecule has 0 spiro atoms. The fourth-order valence-electron chi connectivity index (χ4n) is 2.14. The molecule has 4 nitrogen and oxygen atoms in total. The van der Waals surface area contributed by atoms with Crippen LogP contribution in [0, 0.1) is 0 Å². The summed E-state index contributed by atoms with van der Waals surface area (Å²) in [6.07, 6.45) is 2.01. The largest absolute Gasteiger partial charge is 0.493 e. The molecule has 1 aliphatic heterocycles. The van der Waals surface area contributed by atoms with Crippen LogP contribution in [0.2, 0.25) is 0 Å². The molecule has 4 heteroatoms. The van der Waals surface area contributed by atoms with Gasteiger partial charge in [-0.2, -0.15) is 0 Å². The van der Waals surface area contributed by atoms with Crippen molar-refractivity contribution < 1.29 is 14.2 Å². The van der Waals surface area contributed by atoms with Gasteiger partial charge in [-0.15, -0.1) is 0 Å². The van der Waals surface area contributed by atoms with Crippen molar-refractivity contribution in [3.05, 3.63) is 23.8 Å². The predicted molar refractivity (Wildman–Crippen MR) is 70.1 cm³/mol. The lowest BCUT2D eigenvalue weighted by Crippen LogP contribution is -2.26. The average molecular weight is 251 g/mol. The van der Waals surface area contributed by atoms with Crippen molar-refractivity contribution in [2.24, 2.45) is 5.73 Å². The van der Waals surface area contributed by atoms with E-state index in [1.165, 1.54) is 0 Å². The highest BCUT2D eigenvalue weighted by atomic mass is 16.5. The molecule has 1 aromatic rings. The third kappa shape index (κ3) is 2.94. The minimum Gasteiger partial charge on any atom is -0.493 e. The van der Waals surface area contributed by atoms with Crippen LogP contribution in [0.3, 0.4) is 0 Å². The Morgan fingerprint density at radius 1 is 1.33 bits per heavy atom. The van der Waals surface area contributed by atoms with Crippen molar-refractivity contribution in [1.29, 1.82) is 0 Å². The van der Waals surface area contributed by atoms with Crippen LogP contribution in [0.25, 0.3) is 0 Å². The summed E-state index contributed by atoms with van der Waals surface area (Å²) in [6, 6.07) is 5.76. The van der Waals surface area contributed by atoms with Gasteiger partial charge in [-0.1, -0.05) is 12.1 Å². The molecule has 1 atom stereocenters. The molecule has 0 amide bonds. The van der Waals surface area contributed by atoms with Gasteiger partial charge in [0, 0.05) is 24.4 Å². The number of para-hydroxylation sites is 1. The van der Waals surface area contributed by atoms with E-state index in [1.54, 1.807) is 7.11 Å². The summed E-state index contributed by atoms with van der Waals surface area (Å²) >= 11 is 0. The summed E-state index contributed by atoms with van der Waals surface area (Å²) < 4.78 is 16.8. The normalized spacial score (nSPS) is 18.4. The van der Waals surface area contributed by atoms with E-state index >= 15 is 0 Å². The molecule has 1 aromatic carbocycles. The summed E-state index contributed by atoms with van der Waals surface area (Å²) in [5.41, 5.74) is 6.97. The Labute approximate surface area is 108 Å². The first-order chi connectivity index (χ1) is 8.72. The Hall–Kier alpha value is -1.26. The summed E-state index contributed by atoms with van der Waals surface area (Å²) in [5, 5.41) is 0. The average Bonchev–Trinajstić information content (AvgIpc) is 2.40. The van der Waals surface area contributed by atoms with Gasteiger partial charge in [0.2, 0.25) is 0 Å². The van der Waals surface area contributed by atoms with Gasteiger partial charge in [0.1, 0.15) is 6.10 Å². The van der Waals surface area contributed by atoms with Crippen molar-refractivity contribution in [2.75, 3.05) is 20.3 Å². The highest BCUT2D eigenvalue weighted by molar-refractivity contribution is 5.48. The summed E-state index contributed by atoms with van der Waals surface area (Å²) in [6.45, 7) is 3.46. The summed E-state index contributed by atoms with van der Waals surface area (Å²) in [5.74, 6) is 1.53. The molecule has 1 saturated heterocycles. The number of nitrogens with two attached hydrogens (primary N) is 1. The molecule has 0 radical (unpaired) electrons. The van der Waals surface area contributed by atoms with Gasteiger partial charge in [-0.05, 0) is 13.0 Å². The molecule has 18 heavy (non-hydrogen) atoms. The smallest absolute Gasteiger partial charge is 0.166 e. The molecule has 1 fully saturated rings. The standard InChI is InChI=1S/C14H21NO3/c1-10(15)12-4-3-5-13(16-2)14(12)18-11-6-8-17-9-7-11/h3-5,10-11H,6-9,15H2,1-2H3. The highest BCUT2D eigenvalue weighted by Crippen LogP contribution is 2.35. The van der Waals surface area contributed by atoms with Crippen LogP contribution in [0.15, 0.2) is 18.2 Å². The van der Waals surface area contributed by atoms with Gasteiger partial charge in [0.25, 0.3) is 0 Å². The van der Waals surface area contributed by atoms with Gasteiger partial charge in [0.15, 0.2) is 11.5 Å². The van der Waals surface area contributed by atoms with Crippen LogP contribution < -0.4 is 15.2 Å². The first-order valence-electron chi connectivity index (χ1n) is 6.39. The zero-order chi connectivity index (χ0) is 13.0. The molecule has 1 heterocycles. The molecule has 100 valence electrons. The molecule has 1 unspecified atom stereocenters. The maximum Gasteiger partial charge on any atom is 0.166 e. The van der Waals surface area contributed by atoms with E-state index < -0.39 is 0 Å². The molecule has 2 rings (SSSR count). The van der Waals surface area contributed by atoms with E-state index in [0.717, 1.165) is 43.1 Å². The van der Waals surface area contributed by atoms with Crippen molar-refractivity contribution in [3.63, 3.8) is 0 Å². The van der Waals surface area contributed by atoms with Crippen molar-refractivity contribution in [2.45, 2.75) is 31.9 Å². The number of ether oxygens (including phenoxy) is 3. The molecular formula is C14H21NO3. The van der Waals surface area contributed by atoms with Gasteiger partial charge >= 0.3 is 0 Å². The molecule has 0 aromatic heterocycles. The maximum absolute atomic E-state index is 6.08. The van der Waals surface area contributed by atoms with Crippen LogP contribution >= 0.6 is 0 Å². The second kappa shape index (κ2) is 6.07. The molecule has 2 N–H and O–H groups in total. The number of rotatable bonds is 4. The third-order valence-corrected chi connectivity index (χ3v) is 3.17. The van der Waals surface area contributed by atoms with Crippen molar-refractivity contribution >= 4 is 0 Å². The van der Waals surface area contributed by atoms with E-state index in [1.807, 2.05) is 25.1 Å². The Kier molecular flexibility index (Phi) is 4.44.